The van der Waals surface area contributed by atoms with E-state index in [1.54, 1.807) is 12.1 Å². The molecule has 0 unspecified atom stereocenters. The first-order chi connectivity index (χ1) is 9.61. The average molecular weight is 292 g/mol. The second kappa shape index (κ2) is 4.86. The fraction of sp³-hybridized carbons (Fsp3) is 0.0833. The van der Waals surface area contributed by atoms with Gasteiger partial charge in [-0.15, -0.1) is 0 Å². The number of benzene rings is 1. The van der Waals surface area contributed by atoms with Gasteiger partial charge in [0.2, 0.25) is 0 Å². The van der Waals surface area contributed by atoms with Gasteiger partial charge < -0.3 is 10.3 Å². The van der Waals surface area contributed by atoms with Gasteiger partial charge in [0.15, 0.2) is 5.65 Å². The van der Waals surface area contributed by atoms with Gasteiger partial charge in [-0.05, 0) is 24.3 Å². The summed E-state index contributed by atoms with van der Waals surface area (Å²) in [4.78, 5) is 34.3. The molecule has 0 aliphatic heterocycles. The molecule has 1 aromatic carbocycles. The summed E-state index contributed by atoms with van der Waals surface area (Å²) < 4.78 is 0. The first-order valence-electron chi connectivity index (χ1n) is 5.82. The third-order valence-electron chi connectivity index (χ3n) is 2.74. The Bertz CT molecular complexity index is 862. The van der Waals surface area contributed by atoms with Crippen LogP contribution in [-0.2, 0) is 6.54 Å². The Hall–Kier alpha value is -2.54. The number of rotatable bonds is 3. The molecule has 3 aromatic rings. The van der Waals surface area contributed by atoms with Crippen molar-refractivity contribution < 1.29 is 0 Å². The SMILES string of the molecule is O=c1[nH]c(=O)c2[nH]c(CNc3ccc(Cl)cc3)nc2[nH]1. The van der Waals surface area contributed by atoms with Gasteiger partial charge in [0.1, 0.15) is 11.3 Å². The summed E-state index contributed by atoms with van der Waals surface area (Å²) in [6.45, 7) is 0.387. The normalized spacial score (nSPS) is 10.8. The first-order valence-corrected chi connectivity index (χ1v) is 6.20. The van der Waals surface area contributed by atoms with E-state index < -0.39 is 11.2 Å². The first kappa shape index (κ1) is 12.5. The van der Waals surface area contributed by atoms with Crippen LogP contribution < -0.4 is 16.6 Å². The van der Waals surface area contributed by atoms with Crippen molar-refractivity contribution in [1.29, 1.82) is 0 Å². The second-order valence-electron chi connectivity index (χ2n) is 4.18. The molecule has 0 saturated heterocycles. The van der Waals surface area contributed by atoms with E-state index >= 15 is 0 Å². The zero-order chi connectivity index (χ0) is 14.1. The molecule has 0 bridgehead atoms. The van der Waals surface area contributed by atoms with Crippen molar-refractivity contribution in [2.45, 2.75) is 6.54 Å². The van der Waals surface area contributed by atoms with Crippen LogP contribution in [0.15, 0.2) is 33.9 Å². The lowest BCUT2D eigenvalue weighted by atomic mass is 10.3. The third-order valence-corrected chi connectivity index (χ3v) is 3.00. The molecule has 0 radical (unpaired) electrons. The minimum absolute atomic E-state index is 0.242. The van der Waals surface area contributed by atoms with Gasteiger partial charge in [-0.1, -0.05) is 11.6 Å². The minimum atomic E-state index is -0.578. The van der Waals surface area contributed by atoms with E-state index in [9.17, 15) is 9.59 Å². The predicted molar refractivity (Wildman–Crippen MR) is 76.1 cm³/mol. The summed E-state index contributed by atoms with van der Waals surface area (Å²) in [5.41, 5.74) is 0.293. The van der Waals surface area contributed by atoms with E-state index in [0.717, 1.165) is 5.69 Å². The Morgan fingerprint density at radius 2 is 1.85 bits per heavy atom. The molecule has 0 fully saturated rings. The van der Waals surface area contributed by atoms with Gasteiger partial charge in [-0.3, -0.25) is 14.8 Å². The van der Waals surface area contributed by atoms with Crippen molar-refractivity contribution in [2.75, 3.05) is 5.32 Å². The number of nitrogens with one attached hydrogen (secondary N) is 4. The summed E-state index contributed by atoms with van der Waals surface area (Å²) in [5.74, 6) is 0.544. The van der Waals surface area contributed by atoms with Crippen LogP contribution in [0.4, 0.5) is 5.69 Å². The van der Waals surface area contributed by atoms with Crippen LogP contribution in [0.5, 0.6) is 0 Å². The summed E-state index contributed by atoms with van der Waals surface area (Å²) >= 11 is 5.80. The van der Waals surface area contributed by atoms with Gasteiger partial charge in [0.25, 0.3) is 5.56 Å². The number of halogens is 1. The standard InChI is InChI=1S/C12H10ClN5O2/c13-6-1-3-7(4-2-6)14-5-8-15-9-10(16-8)17-12(20)18-11(9)19/h1-4,14H,5H2,(H3,15,16,17,18,19,20). The van der Waals surface area contributed by atoms with Crippen molar-refractivity contribution in [3.8, 4) is 0 Å². The molecule has 4 N–H and O–H groups in total. The second-order valence-corrected chi connectivity index (χ2v) is 4.61. The van der Waals surface area contributed by atoms with Crippen LogP contribution in [0.3, 0.4) is 0 Å². The fourth-order valence-electron chi connectivity index (χ4n) is 1.82. The lowest BCUT2D eigenvalue weighted by molar-refractivity contribution is 1.01. The topological polar surface area (TPSA) is 106 Å². The average Bonchev–Trinajstić information content (AvgIpc) is 2.81. The van der Waals surface area contributed by atoms with E-state index in [0.29, 0.717) is 17.4 Å². The van der Waals surface area contributed by atoms with Gasteiger partial charge in [0.05, 0.1) is 6.54 Å². The van der Waals surface area contributed by atoms with Crippen molar-refractivity contribution in [2.24, 2.45) is 0 Å². The highest BCUT2D eigenvalue weighted by molar-refractivity contribution is 6.30. The molecular weight excluding hydrogens is 282 g/mol. The third kappa shape index (κ3) is 2.43. The van der Waals surface area contributed by atoms with Crippen LogP contribution >= 0.6 is 11.6 Å². The van der Waals surface area contributed by atoms with Crippen molar-refractivity contribution in [1.82, 2.24) is 19.9 Å². The van der Waals surface area contributed by atoms with Gasteiger partial charge in [-0.25, -0.2) is 9.78 Å². The predicted octanol–water partition coefficient (Wildman–Crippen LogP) is 1.20. The molecular formula is C12H10ClN5O2. The zero-order valence-corrected chi connectivity index (χ0v) is 10.9. The van der Waals surface area contributed by atoms with E-state index in [1.165, 1.54) is 0 Å². The van der Waals surface area contributed by atoms with E-state index in [2.05, 4.69) is 25.3 Å². The van der Waals surface area contributed by atoms with Crippen LogP contribution in [0, 0.1) is 0 Å². The molecule has 0 aliphatic carbocycles. The zero-order valence-electron chi connectivity index (χ0n) is 10.2. The largest absolute Gasteiger partial charge is 0.378 e. The number of nitrogens with zero attached hydrogens (tertiary/aromatic N) is 1. The lowest BCUT2D eigenvalue weighted by Crippen LogP contribution is -2.21. The highest BCUT2D eigenvalue weighted by Crippen LogP contribution is 2.14. The van der Waals surface area contributed by atoms with Crippen LogP contribution in [0.25, 0.3) is 11.2 Å². The van der Waals surface area contributed by atoms with Crippen LogP contribution in [0.1, 0.15) is 5.82 Å². The maximum atomic E-state index is 11.5. The summed E-state index contributed by atoms with van der Waals surface area (Å²) in [6.07, 6.45) is 0. The Morgan fingerprint density at radius 3 is 2.60 bits per heavy atom. The van der Waals surface area contributed by atoms with Gasteiger partial charge in [0, 0.05) is 10.7 Å². The molecule has 7 nitrogen and oxygen atoms in total. The summed E-state index contributed by atoms with van der Waals surface area (Å²) in [7, 11) is 0. The highest BCUT2D eigenvalue weighted by Gasteiger charge is 2.07. The quantitative estimate of drug-likeness (QED) is 0.582. The molecule has 20 heavy (non-hydrogen) atoms. The number of aromatic nitrogens is 4. The number of anilines is 1. The van der Waals surface area contributed by atoms with E-state index in [-0.39, 0.29) is 11.2 Å². The Kier molecular flexibility index (Phi) is 3.03. The number of hydrogen-bond acceptors (Lipinski definition) is 4. The summed E-state index contributed by atoms with van der Waals surface area (Å²) in [6, 6.07) is 7.20. The Morgan fingerprint density at radius 1 is 1.10 bits per heavy atom. The minimum Gasteiger partial charge on any atom is -0.378 e. The molecule has 8 heteroatoms. The molecule has 2 heterocycles. The fourth-order valence-corrected chi connectivity index (χ4v) is 1.94. The number of aromatic amines is 3. The van der Waals surface area contributed by atoms with Crippen molar-refractivity contribution in [3.05, 3.63) is 56.0 Å². The number of imidazole rings is 1. The van der Waals surface area contributed by atoms with Crippen molar-refractivity contribution in [3.63, 3.8) is 0 Å². The number of hydrogen-bond donors (Lipinski definition) is 4. The molecule has 102 valence electrons. The highest BCUT2D eigenvalue weighted by atomic mass is 35.5. The molecule has 0 saturated carbocycles. The van der Waals surface area contributed by atoms with E-state index in [1.807, 2.05) is 12.1 Å². The molecule has 2 aromatic heterocycles. The number of fused-ring (bicyclic) bond motifs is 1. The van der Waals surface area contributed by atoms with E-state index in [4.69, 9.17) is 11.6 Å². The van der Waals surface area contributed by atoms with Gasteiger partial charge in [-0.2, -0.15) is 0 Å². The van der Waals surface area contributed by atoms with Gasteiger partial charge >= 0.3 is 5.69 Å². The molecule has 0 spiro atoms. The van der Waals surface area contributed by atoms with Crippen molar-refractivity contribution >= 4 is 28.5 Å². The van der Waals surface area contributed by atoms with Crippen LogP contribution in [-0.4, -0.2) is 19.9 Å². The molecule has 0 aliphatic rings. The maximum Gasteiger partial charge on any atom is 0.327 e. The summed E-state index contributed by atoms with van der Waals surface area (Å²) in [5, 5.41) is 3.78. The maximum absolute atomic E-state index is 11.5. The lowest BCUT2D eigenvalue weighted by Gasteiger charge is -2.03. The van der Waals surface area contributed by atoms with Crippen LogP contribution in [0.2, 0.25) is 5.02 Å². The Labute approximate surface area is 117 Å². The smallest absolute Gasteiger partial charge is 0.327 e. The molecule has 0 amide bonds. The Balaban J connectivity index is 1.84. The molecule has 3 rings (SSSR count). The molecule has 0 atom stereocenters. The number of H-pyrrole nitrogens is 3. The monoisotopic (exact) mass is 291 g/mol.